The van der Waals surface area contributed by atoms with Crippen molar-refractivity contribution in [1.82, 2.24) is 0 Å². The van der Waals surface area contributed by atoms with Crippen LogP contribution in [0.3, 0.4) is 0 Å². The van der Waals surface area contributed by atoms with Crippen LogP contribution in [-0.4, -0.2) is 5.11 Å². The van der Waals surface area contributed by atoms with E-state index >= 15 is 0 Å². The number of thiophene rings is 1. The number of aliphatic hydroxyl groups is 1. The van der Waals surface area contributed by atoms with Gasteiger partial charge in [-0.05, 0) is 17.5 Å². The van der Waals surface area contributed by atoms with Crippen molar-refractivity contribution in [2.24, 2.45) is 0 Å². The van der Waals surface area contributed by atoms with Gasteiger partial charge in [-0.1, -0.05) is 29.8 Å². The van der Waals surface area contributed by atoms with Crippen molar-refractivity contribution in [3.05, 3.63) is 57.4 Å². The van der Waals surface area contributed by atoms with Crippen LogP contribution in [0.15, 0.2) is 46.4 Å². The molecule has 4 heteroatoms. The van der Waals surface area contributed by atoms with E-state index in [0.717, 1.165) is 21.4 Å². The number of benzene rings is 1. The second kappa shape index (κ2) is 4.18. The van der Waals surface area contributed by atoms with Crippen LogP contribution in [0.1, 0.15) is 16.5 Å². The van der Waals surface area contributed by atoms with Crippen molar-refractivity contribution < 1.29 is 9.52 Å². The summed E-state index contributed by atoms with van der Waals surface area (Å²) in [5.74, 6) is 0. The first-order chi connectivity index (χ1) is 8.27. The van der Waals surface area contributed by atoms with E-state index < -0.39 is 6.10 Å². The van der Waals surface area contributed by atoms with E-state index in [-0.39, 0.29) is 0 Å². The van der Waals surface area contributed by atoms with Crippen LogP contribution < -0.4 is 0 Å². The molecule has 0 saturated carbocycles. The molecule has 1 N–H and O–H groups in total. The minimum absolute atomic E-state index is 0.591. The van der Waals surface area contributed by atoms with Crippen molar-refractivity contribution in [3.63, 3.8) is 0 Å². The fourth-order valence-corrected chi connectivity index (χ4v) is 3.01. The number of para-hydroxylation sites is 1. The van der Waals surface area contributed by atoms with E-state index in [1.807, 2.05) is 29.6 Å². The zero-order valence-electron chi connectivity index (χ0n) is 8.76. The van der Waals surface area contributed by atoms with Gasteiger partial charge in [0.15, 0.2) is 0 Å². The molecule has 0 amide bonds. The Bertz CT molecular complexity index is 656. The third kappa shape index (κ3) is 1.76. The summed E-state index contributed by atoms with van der Waals surface area (Å²) in [6.45, 7) is 0. The van der Waals surface area contributed by atoms with E-state index in [2.05, 4.69) is 0 Å². The molecule has 0 aliphatic carbocycles. The third-order valence-electron chi connectivity index (χ3n) is 2.70. The van der Waals surface area contributed by atoms with Crippen LogP contribution in [0, 0.1) is 0 Å². The summed E-state index contributed by atoms with van der Waals surface area (Å²) in [5, 5.41) is 13.7. The molecule has 86 valence electrons. The maximum Gasteiger partial charge on any atom is 0.134 e. The molecule has 0 fully saturated rings. The lowest BCUT2D eigenvalue weighted by atomic mass is 10.1. The van der Waals surface area contributed by atoms with Gasteiger partial charge in [-0.2, -0.15) is 0 Å². The smallest absolute Gasteiger partial charge is 0.134 e. The molecule has 0 bridgehead atoms. The number of rotatable bonds is 2. The Labute approximate surface area is 107 Å². The summed E-state index contributed by atoms with van der Waals surface area (Å²) in [7, 11) is 0. The van der Waals surface area contributed by atoms with Crippen LogP contribution in [0.25, 0.3) is 11.0 Å². The Morgan fingerprint density at radius 1 is 1.24 bits per heavy atom. The van der Waals surface area contributed by atoms with Gasteiger partial charge in [0.25, 0.3) is 0 Å². The lowest BCUT2D eigenvalue weighted by molar-refractivity contribution is 0.224. The van der Waals surface area contributed by atoms with Gasteiger partial charge in [-0.15, -0.1) is 11.3 Å². The summed E-state index contributed by atoms with van der Waals surface area (Å²) < 4.78 is 5.41. The van der Waals surface area contributed by atoms with Crippen LogP contribution in [0.4, 0.5) is 0 Å². The minimum atomic E-state index is -0.730. The van der Waals surface area contributed by atoms with E-state index in [9.17, 15) is 5.11 Å². The lowest BCUT2D eigenvalue weighted by Crippen LogP contribution is -1.96. The Morgan fingerprint density at radius 2 is 2.06 bits per heavy atom. The highest BCUT2D eigenvalue weighted by molar-refractivity contribution is 7.10. The SMILES string of the molecule is OC(c1sccc1Cl)c1coc2ccccc12. The van der Waals surface area contributed by atoms with E-state index in [0.29, 0.717) is 5.02 Å². The molecule has 2 heterocycles. The first kappa shape index (κ1) is 10.8. The summed E-state index contributed by atoms with van der Waals surface area (Å²) in [4.78, 5) is 0.748. The average Bonchev–Trinajstić information content (AvgIpc) is 2.94. The Morgan fingerprint density at radius 3 is 2.82 bits per heavy atom. The van der Waals surface area contributed by atoms with Crippen molar-refractivity contribution >= 4 is 33.9 Å². The summed E-state index contributed by atoms with van der Waals surface area (Å²) >= 11 is 7.46. The maximum absolute atomic E-state index is 10.3. The Kier molecular flexibility index (Phi) is 2.67. The molecule has 2 aromatic heterocycles. The van der Waals surface area contributed by atoms with Gasteiger partial charge in [0.05, 0.1) is 16.2 Å². The molecule has 17 heavy (non-hydrogen) atoms. The number of aliphatic hydroxyl groups excluding tert-OH is 1. The van der Waals surface area contributed by atoms with Crippen molar-refractivity contribution in [2.45, 2.75) is 6.10 Å². The number of fused-ring (bicyclic) bond motifs is 1. The Balaban J connectivity index is 2.13. The molecule has 3 aromatic rings. The van der Waals surface area contributed by atoms with Crippen LogP contribution in [-0.2, 0) is 0 Å². The highest BCUT2D eigenvalue weighted by atomic mass is 35.5. The zero-order valence-corrected chi connectivity index (χ0v) is 10.3. The second-order valence-corrected chi connectivity index (χ2v) is 5.08. The van der Waals surface area contributed by atoms with E-state index in [1.54, 1.807) is 12.3 Å². The number of hydrogen-bond donors (Lipinski definition) is 1. The molecular formula is C13H9ClO2S. The van der Waals surface area contributed by atoms with Gasteiger partial charge in [0, 0.05) is 10.9 Å². The molecular weight excluding hydrogens is 256 g/mol. The fourth-order valence-electron chi connectivity index (χ4n) is 1.85. The fraction of sp³-hybridized carbons (Fsp3) is 0.0769. The number of hydrogen-bond acceptors (Lipinski definition) is 3. The van der Waals surface area contributed by atoms with Crippen LogP contribution >= 0.6 is 22.9 Å². The Hall–Kier alpha value is -1.29. The molecule has 1 unspecified atom stereocenters. The standard InChI is InChI=1S/C13H9ClO2S/c14-10-5-6-17-13(10)12(15)9-7-16-11-4-2-1-3-8(9)11/h1-7,12,15H. The molecule has 0 aliphatic rings. The predicted molar refractivity (Wildman–Crippen MR) is 69.6 cm³/mol. The number of furan rings is 1. The van der Waals surface area contributed by atoms with Crippen molar-refractivity contribution in [1.29, 1.82) is 0 Å². The van der Waals surface area contributed by atoms with Gasteiger partial charge in [0.1, 0.15) is 11.7 Å². The largest absolute Gasteiger partial charge is 0.464 e. The highest BCUT2D eigenvalue weighted by Crippen LogP contribution is 2.36. The summed E-state index contributed by atoms with van der Waals surface area (Å²) in [6.07, 6.45) is 0.858. The first-order valence-electron chi connectivity index (χ1n) is 5.14. The maximum atomic E-state index is 10.3. The van der Waals surface area contributed by atoms with Crippen LogP contribution in [0.2, 0.25) is 5.02 Å². The van der Waals surface area contributed by atoms with Gasteiger partial charge in [-0.25, -0.2) is 0 Å². The summed E-state index contributed by atoms with van der Waals surface area (Å²) in [5.41, 5.74) is 1.53. The zero-order chi connectivity index (χ0) is 11.8. The number of halogens is 1. The lowest BCUT2D eigenvalue weighted by Gasteiger charge is -2.07. The quantitative estimate of drug-likeness (QED) is 0.751. The normalized spacial score (nSPS) is 13.1. The average molecular weight is 265 g/mol. The molecule has 0 aliphatic heterocycles. The molecule has 2 nitrogen and oxygen atoms in total. The van der Waals surface area contributed by atoms with Gasteiger partial charge < -0.3 is 9.52 Å². The van der Waals surface area contributed by atoms with Crippen molar-refractivity contribution in [3.8, 4) is 0 Å². The van der Waals surface area contributed by atoms with Gasteiger partial charge >= 0.3 is 0 Å². The predicted octanol–water partition coefficient (Wildman–Crippen LogP) is 4.23. The molecule has 0 saturated heterocycles. The third-order valence-corrected chi connectivity index (χ3v) is 4.11. The van der Waals surface area contributed by atoms with Gasteiger partial charge in [-0.3, -0.25) is 0 Å². The molecule has 0 spiro atoms. The van der Waals surface area contributed by atoms with Crippen LogP contribution in [0.5, 0.6) is 0 Å². The van der Waals surface area contributed by atoms with E-state index in [4.69, 9.17) is 16.0 Å². The first-order valence-corrected chi connectivity index (χ1v) is 6.40. The molecule has 0 radical (unpaired) electrons. The summed E-state index contributed by atoms with van der Waals surface area (Å²) in [6, 6.07) is 9.41. The topological polar surface area (TPSA) is 33.4 Å². The van der Waals surface area contributed by atoms with E-state index in [1.165, 1.54) is 11.3 Å². The van der Waals surface area contributed by atoms with Crippen molar-refractivity contribution in [2.75, 3.05) is 0 Å². The minimum Gasteiger partial charge on any atom is -0.464 e. The molecule has 3 rings (SSSR count). The molecule has 1 atom stereocenters. The second-order valence-electron chi connectivity index (χ2n) is 3.72. The monoisotopic (exact) mass is 264 g/mol. The highest BCUT2D eigenvalue weighted by Gasteiger charge is 2.19. The molecule has 1 aromatic carbocycles. The van der Waals surface area contributed by atoms with Gasteiger partial charge in [0.2, 0.25) is 0 Å².